The van der Waals surface area contributed by atoms with E-state index in [1.54, 1.807) is 17.0 Å². The summed E-state index contributed by atoms with van der Waals surface area (Å²) in [4.78, 5) is 16.6. The van der Waals surface area contributed by atoms with Gasteiger partial charge < -0.3 is 10.1 Å². The van der Waals surface area contributed by atoms with Gasteiger partial charge in [0, 0.05) is 28.6 Å². The first-order chi connectivity index (χ1) is 16.2. The third-order valence-corrected chi connectivity index (χ3v) is 6.04. The lowest BCUT2D eigenvalue weighted by atomic mass is 10.1. The average Bonchev–Trinajstić information content (AvgIpc) is 3.49. The van der Waals surface area contributed by atoms with Gasteiger partial charge in [0.1, 0.15) is 5.69 Å². The van der Waals surface area contributed by atoms with Crippen molar-refractivity contribution in [2.24, 2.45) is 0 Å². The molecule has 0 spiro atoms. The summed E-state index contributed by atoms with van der Waals surface area (Å²) in [5, 5.41) is 11.7. The predicted molar refractivity (Wildman–Crippen MR) is 132 cm³/mol. The Morgan fingerprint density at radius 3 is 2.55 bits per heavy atom. The fourth-order valence-electron chi connectivity index (χ4n) is 3.64. The van der Waals surface area contributed by atoms with Crippen molar-refractivity contribution in [3.63, 3.8) is 0 Å². The number of fused-ring (bicyclic) bond motifs is 1. The van der Waals surface area contributed by atoms with Gasteiger partial charge in [0.2, 0.25) is 5.13 Å². The number of thiazole rings is 1. The number of benzene rings is 3. The molecule has 0 aliphatic rings. The Morgan fingerprint density at radius 1 is 1.03 bits per heavy atom. The zero-order chi connectivity index (χ0) is 22.6. The first-order valence-corrected chi connectivity index (χ1v) is 11.6. The zero-order valence-electron chi connectivity index (χ0n) is 18.1. The molecule has 0 aliphatic carbocycles. The van der Waals surface area contributed by atoms with Crippen molar-refractivity contribution in [1.82, 2.24) is 14.8 Å². The maximum Gasteiger partial charge on any atom is 0.357 e. The molecule has 0 unspecified atom stereocenters. The van der Waals surface area contributed by atoms with E-state index in [0.717, 1.165) is 34.4 Å². The first kappa shape index (κ1) is 20.9. The van der Waals surface area contributed by atoms with Crippen LogP contribution in [-0.4, -0.2) is 27.3 Å². The van der Waals surface area contributed by atoms with E-state index >= 15 is 0 Å². The molecule has 1 N–H and O–H groups in total. The molecule has 0 fully saturated rings. The van der Waals surface area contributed by atoms with Gasteiger partial charge in [0.15, 0.2) is 5.69 Å². The van der Waals surface area contributed by atoms with Crippen LogP contribution in [0.15, 0.2) is 84.2 Å². The maximum atomic E-state index is 12.1. The molecule has 0 amide bonds. The molecule has 5 aromatic rings. The van der Waals surface area contributed by atoms with Crippen molar-refractivity contribution >= 4 is 33.9 Å². The van der Waals surface area contributed by atoms with Crippen molar-refractivity contribution in [3.05, 3.63) is 95.5 Å². The Morgan fingerprint density at radius 2 is 1.79 bits per heavy atom. The van der Waals surface area contributed by atoms with Crippen LogP contribution in [0.1, 0.15) is 23.0 Å². The second-order valence-corrected chi connectivity index (χ2v) is 8.27. The monoisotopic (exact) mass is 454 g/mol. The molecule has 0 radical (unpaired) electrons. The first-order valence-electron chi connectivity index (χ1n) is 10.7. The van der Waals surface area contributed by atoms with Gasteiger partial charge in [-0.25, -0.2) is 14.5 Å². The SMILES string of the molecule is CCOC(=O)c1csc(-n2nc(-c3ccccc3)c3ccc(NCc4ccccc4)cc32)n1. The summed E-state index contributed by atoms with van der Waals surface area (Å²) < 4.78 is 6.90. The molecule has 0 saturated carbocycles. The van der Waals surface area contributed by atoms with Crippen molar-refractivity contribution in [3.8, 4) is 16.4 Å². The number of esters is 1. The Kier molecular flexibility index (Phi) is 5.87. The molecule has 7 heteroatoms. The van der Waals surface area contributed by atoms with Crippen LogP contribution < -0.4 is 5.32 Å². The van der Waals surface area contributed by atoms with Gasteiger partial charge in [-0.3, -0.25) is 0 Å². The third-order valence-electron chi connectivity index (χ3n) is 5.23. The summed E-state index contributed by atoms with van der Waals surface area (Å²) in [5.74, 6) is -0.426. The van der Waals surface area contributed by atoms with E-state index in [-0.39, 0.29) is 0 Å². The molecule has 0 saturated heterocycles. The van der Waals surface area contributed by atoms with Crippen molar-refractivity contribution in [2.45, 2.75) is 13.5 Å². The highest BCUT2D eigenvalue weighted by Gasteiger charge is 2.18. The number of carbonyl (C=O) groups is 1. The maximum absolute atomic E-state index is 12.1. The largest absolute Gasteiger partial charge is 0.461 e. The van der Waals surface area contributed by atoms with E-state index < -0.39 is 5.97 Å². The summed E-state index contributed by atoms with van der Waals surface area (Å²) in [5.41, 5.74) is 5.28. The quantitative estimate of drug-likeness (QED) is 0.308. The van der Waals surface area contributed by atoms with Gasteiger partial charge in [-0.15, -0.1) is 11.3 Å². The lowest BCUT2D eigenvalue weighted by Crippen LogP contribution is -2.06. The molecule has 33 heavy (non-hydrogen) atoms. The van der Waals surface area contributed by atoms with E-state index in [2.05, 4.69) is 40.6 Å². The summed E-state index contributed by atoms with van der Waals surface area (Å²) in [6, 6.07) is 26.5. The van der Waals surface area contributed by atoms with Crippen molar-refractivity contribution < 1.29 is 9.53 Å². The minimum absolute atomic E-state index is 0.292. The Labute approximate surface area is 195 Å². The van der Waals surface area contributed by atoms with E-state index in [1.807, 2.05) is 48.5 Å². The number of aromatic nitrogens is 3. The highest BCUT2D eigenvalue weighted by Crippen LogP contribution is 2.32. The van der Waals surface area contributed by atoms with Crippen LogP contribution in [0.25, 0.3) is 27.3 Å². The number of hydrogen-bond donors (Lipinski definition) is 1. The molecule has 164 valence electrons. The number of anilines is 1. The standard InChI is InChI=1S/C26H22N4O2S/c1-2-32-25(31)22-17-33-26(28-22)30-23-15-20(27-16-18-9-5-3-6-10-18)13-14-21(23)24(29-30)19-11-7-4-8-12-19/h3-15,17,27H,2,16H2,1H3. The van der Waals surface area contributed by atoms with Gasteiger partial charge in [-0.2, -0.15) is 5.10 Å². The average molecular weight is 455 g/mol. The predicted octanol–water partition coefficient (Wildman–Crippen LogP) is 5.94. The van der Waals surface area contributed by atoms with Crippen LogP contribution in [0, 0.1) is 0 Å². The molecular weight excluding hydrogens is 432 g/mol. The second-order valence-electron chi connectivity index (χ2n) is 7.43. The number of rotatable bonds is 7. The van der Waals surface area contributed by atoms with Crippen LogP contribution in [-0.2, 0) is 11.3 Å². The van der Waals surface area contributed by atoms with Crippen molar-refractivity contribution in [1.29, 1.82) is 0 Å². The highest BCUT2D eigenvalue weighted by molar-refractivity contribution is 7.12. The summed E-state index contributed by atoms with van der Waals surface area (Å²) in [6.07, 6.45) is 0. The lowest BCUT2D eigenvalue weighted by molar-refractivity contribution is 0.0520. The molecule has 2 aromatic heterocycles. The van der Waals surface area contributed by atoms with Crippen molar-refractivity contribution in [2.75, 3.05) is 11.9 Å². The Bertz CT molecular complexity index is 1390. The van der Waals surface area contributed by atoms with Crippen LogP contribution in [0.3, 0.4) is 0 Å². The highest BCUT2D eigenvalue weighted by atomic mass is 32.1. The summed E-state index contributed by atoms with van der Waals surface area (Å²) in [7, 11) is 0. The lowest BCUT2D eigenvalue weighted by Gasteiger charge is -2.07. The van der Waals surface area contributed by atoms with Crippen LogP contribution in [0.5, 0.6) is 0 Å². The number of carbonyl (C=O) groups excluding carboxylic acids is 1. The molecule has 5 rings (SSSR count). The fraction of sp³-hybridized carbons (Fsp3) is 0.115. The minimum atomic E-state index is -0.426. The van der Waals surface area contributed by atoms with E-state index in [0.29, 0.717) is 17.4 Å². The second kappa shape index (κ2) is 9.26. The van der Waals surface area contributed by atoms with Gasteiger partial charge in [-0.1, -0.05) is 60.7 Å². The third kappa shape index (κ3) is 4.36. The molecule has 0 atom stereocenters. The molecular formula is C26H22N4O2S. The Hall–Kier alpha value is -3.97. The van der Waals surface area contributed by atoms with Crippen LogP contribution in [0.4, 0.5) is 5.69 Å². The molecule has 0 bridgehead atoms. The molecule has 0 aliphatic heterocycles. The Balaban J connectivity index is 1.57. The normalized spacial score (nSPS) is 10.9. The van der Waals surface area contributed by atoms with Gasteiger partial charge in [0.05, 0.1) is 12.1 Å². The number of ether oxygens (including phenoxy) is 1. The summed E-state index contributed by atoms with van der Waals surface area (Å²) >= 11 is 1.36. The molecule has 3 aromatic carbocycles. The zero-order valence-corrected chi connectivity index (χ0v) is 18.9. The summed E-state index contributed by atoms with van der Waals surface area (Å²) in [6.45, 7) is 2.81. The van der Waals surface area contributed by atoms with Gasteiger partial charge in [-0.05, 0) is 30.7 Å². The van der Waals surface area contributed by atoms with E-state index in [4.69, 9.17) is 9.84 Å². The topological polar surface area (TPSA) is 69.0 Å². The number of nitrogens with one attached hydrogen (secondary N) is 1. The van der Waals surface area contributed by atoms with Gasteiger partial charge in [0.25, 0.3) is 0 Å². The van der Waals surface area contributed by atoms with Crippen LogP contribution in [0.2, 0.25) is 0 Å². The minimum Gasteiger partial charge on any atom is -0.461 e. The van der Waals surface area contributed by atoms with Gasteiger partial charge >= 0.3 is 5.97 Å². The fourth-order valence-corrected chi connectivity index (χ4v) is 4.40. The van der Waals surface area contributed by atoms with Crippen LogP contribution >= 0.6 is 11.3 Å². The number of hydrogen-bond acceptors (Lipinski definition) is 6. The molecule has 2 heterocycles. The van der Waals surface area contributed by atoms with E-state index in [9.17, 15) is 4.79 Å². The smallest absolute Gasteiger partial charge is 0.357 e. The van der Waals surface area contributed by atoms with E-state index in [1.165, 1.54) is 16.9 Å². The molecule has 6 nitrogen and oxygen atoms in total. The number of nitrogens with zero attached hydrogens (tertiary/aromatic N) is 3.